The van der Waals surface area contributed by atoms with Gasteiger partial charge in [-0.1, -0.05) is 25.5 Å². The van der Waals surface area contributed by atoms with Crippen molar-refractivity contribution in [2.75, 3.05) is 39.8 Å². The number of amides is 1. The summed E-state index contributed by atoms with van der Waals surface area (Å²) in [6, 6.07) is 8.09. The molecule has 2 rings (SSSR count). The van der Waals surface area contributed by atoms with Crippen molar-refractivity contribution in [3.8, 4) is 0 Å². The van der Waals surface area contributed by atoms with E-state index in [-0.39, 0.29) is 5.91 Å². The molecule has 1 heterocycles. The number of carbonyl (C=O) groups excluding carboxylic acids is 1. The number of carbonyl (C=O) groups is 1. The number of nitrogens with one attached hydrogen (secondary N) is 1. The monoisotopic (exact) mass is 289 g/mol. The average Bonchev–Trinajstić information content (AvgIpc) is 2.53. The van der Waals surface area contributed by atoms with Gasteiger partial charge in [0.15, 0.2) is 0 Å². The molecule has 21 heavy (non-hydrogen) atoms. The van der Waals surface area contributed by atoms with Crippen LogP contribution < -0.4 is 5.32 Å². The Morgan fingerprint density at radius 3 is 2.52 bits per heavy atom. The molecule has 1 fully saturated rings. The van der Waals surface area contributed by atoms with E-state index < -0.39 is 0 Å². The summed E-state index contributed by atoms with van der Waals surface area (Å²) in [5, 5.41) is 3.36. The second-order valence-corrected chi connectivity index (χ2v) is 5.80. The maximum absolute atomic E-state index is 12.3. The molecule has 4 nitrogen and oxygen atoms in total. The lowest BCUT2D eigenvalue weighted by molar-refractivity contribution is 0.0793. The van der Waals surface area contributed by atoms with Crippen LogP contribution >= 0.6 is 0 Å². The maximum Gasteiger partial charge on any atom is 0.253 e. The molecule has 0 atom stereocenters. The molecule has 0 spiro atoms. The number of hydrogen-bond donors (Lipinski definition) is 1. The fourth-order valence-electron chi connectivity index (χ4n) is 2.60. The Labute approximate surface area is 128 Å². The SMILES string of the molecule is CCCCN(C)C(=O)c1ccc(CN2CCNCC2)cc1. The molecule has 4 heteroatoms. The highest BCUT2D eigenvalue weighted by atomic mass is 16.2. The van der Waals surface area contributed by atoms with Gasteiger partial charge in [0.2, 0.25) is 0 Å². The van der Waals surface area contributed by atoms with Crippen LogP contribution in [-0.2, 0) is 6.54 Å². The van der Waals surface area contributed by atoms with Crippen molar-refractivity contribution in [2.45, 2.75) is 26.3 Å². The van der Waals surface area contributed by atoms with Gasteiger partial charge in [-0.25, -0.2) is 0 Å². The zero-order valence-electron chi connectivity index (χ0n) is 13.3. The van der Waals surface area contributed by atoms with Gasteiger partial charge in [0, 0.05) is 51.9 Å². The van der Waals surface area contributed by atoms with Gasteiger partial charge >= 0.3 is 0 Å². The molecule has 1 aliphatic heterocycles. The Morgan fingerprint density at radius 2 is 1.90 bits per heavy atom. The first-order valence-electron chi connectivity index (χ1n) is 7.98. The summed E-state index contributed by atoms with van der Waals surface area (Å²) in [5.74, 6) is 0.122. The molecule has 1 aromatic rings. The molecule has 1 amide bonds. The summed E-state index contributed by atoms with van der Waals surface area (Å²) >= 11 is 0. The quantitative estimate of drug-likeness (QED) is 0.869. The van der Waals surface area contributed by atoms with Crippen molar-refractivity contribution in [1.82, 2.24) is 15.1 Å². The van der Waals surface area contributed by atoms with Crippen LogP contribution in [-0.4, -0.2) is 55.5 Å². The predicted octanol–water partition coefficient (Wildman–Crippen LogP) is 1.96. The largest absolute Gasteiger partial charge is 0.342 e. The minimum Gasteiger partial charge on any atom is -0.342 e. The van der Waals surface area contributed by atoms with E-state index in [1.165, 1.54) is 5.56 Å². The van der Waals surface area contributed by atoms with Crippen LogP contribution in [0.25, 0.3) is 0 Å². The lowest BCUT2D eigenvalue weighted by Crippen LogP contribution is -2.42. The van der Waals surface area contributed by atoms with Gasteiger partial charge in [-0.3, -0.25) is 9.69 Å². The van der Waals surface area contributed by atoms with E-state index in [4.69, 9.17) is 0 Å². The number of nitrogens with zero attached hydrogens (tertiary/aromatic N) is 2. The Morgan fingerprint density at radius 1 is 1.24 bits per heavy atom. The van der Waals surface area contributed by atoms with E-state index in [1.54, 1.807) is 0 Å². The smallest absolute Gasteiger partial charge is 0.253 e. The third kappa shape index (κ3) is 4.83. The molecule has 1 aromatic carbocycles. The molecule has 0 bridgehead atoms. The van der Waals surface area contributed by atoms with Crippen LogP contribution in [0.2, 0.25) is 0 Å². The maximum atomic E-state index is 12.3. The third-order valence-electron chi connectivity index (χ3n) is 4.01. The molecule has 116 valence electrons. The van der Waals surface area contributed by atoms with E-state index in [0.717, 1.165) is 57.7 Å². The summed E-state index contributed by atoms with van der Waals surface area (Å²) in [4.78, 5) is 16.5. The summed E-state index contributed by atoms with van der Waals surface area (Å²) < 4.78 is 0. The molecule has 0 aliphatic carbocycles. The molecule has 1 N–H and O–H groups in total. The highest BCUT2D eigenvalue weighted by molar-refractivity contribution is 5.94. The van der Waals surface area contributed by atoms with Crippen LogP contribution in [0.5, 0.6) is 0 Å². The van der Waals surface area contributed by atoms with Gasteiger partial charge < -0.3 is 10.2 Å². The molecule has 1 saturated heterocycles. The van der Waals surface area contributed by atoms with E-state index in [0.29, 0.717) is 0 Å². The van der Waals surface area contributed by atoms with Gasteiger partial charge in [0.05, 0.1) is 0 Å². The normalized spacial score (nSPS) is 15.9. The van der Waals surface area contributed by atoms with Crippen LogP contribution in [0.15, 0.2) is 24.3 Å². The molecule has 0 unspecified atom stereocenters. The predicted molar refractivity (Wildman–Crippen MR) is 86.5 cm³/mol. The Kier molecular flexibility index (Phi) is 6.21. The van der Waals surface area contributed by atoms with Crippen LogP contribution in [0.4, 0.5) is 0 Å². The third-order valence-corrected chi connectivity index (χ3v) is 4.01. The highest BCUT2D eigenvalue weighted by Gasteiger charge is 2.12. The fraction of sp³-hybridized carbons (Fsp3) is 0.588. The number of rotatable bonds is 6. The van der Waals surface area contributed by atoms with Crippen molar-refractivity contribution in [1.29, 1.82) is 0 Å². The van der Waals surface area contributed by atoms with Crippen molar-refractivity contribution in [2.24, 2.45) is 0 Å². The Bertz CT molecular complexity index is 438. The second kappa shape index (κ2) is 8.15. The van der Waals surface area contributed by atoms with E-state index in [9.17, 15) is 4.79 Å². The summed E-state index contributed by atoms with van der Waals surface area (Å²) in [6.45, 7) is 8.28. The van der Waals surface area contributed by atoms with Gasteiger partial charge in [0.25, 0.3) is 5.91 Å². The van der Waals surface area contributed by atoms with Crippen LogP contribution in [0.1, 0.15) is 35.7 Å². The van der Waals surface area contributed by atoms with Gasteiger partial charge in [-0.2, -0.15) is 0 Å². The summed E-state index contributed by atoms with van der Waals surface area (Å²) in [7, 11) is 1.88. The highest BCUT2D eigenvalue weighted by Crippen LogP contribution is 2.10. The molecule has 0 saturated carbocycles. The van der Waals surface area contributed by atoms with Gasteiger partial charge in [-0.15, -0.1) is 0 Å². The van der Waals surface area contributed by atoms with Gasteiger partial charge in [0.1, 0.15) is 0 Å². The molecular formula is C17H27N3O. The first kappa shape index (κ1) is 16.0. The topological polar surface area (TPSA) is 35.6 Å². The number of piperazine rings is 1. The summed E-state index contributed by atoms with van der Waals surface area (Å²) in [5.41, 5.74) is 2.07. The van der Waals surface area contributed by atoms with Crippen molar-refractivity contribution in [3.63, 3.8) is 0 Å². The van der Waals surface area contributed by atoms with E-state index >= 15 is 0 Å². The van der Waals surface area contributed by atoms with E-state index in [2.05, 4.69) is 29.3 Å². The number of unbranched alkanes of at least 4 members (excludes halogenated alkanes) is 1. The first-order chi connectivity index (χ1) is 10.2. The van der Waals surface area contributed by atoms with Crippen molar-refractivity contribution >= 4 is 5.91 Å². The fourth-order valence-corrected chi connectivity index (χ4v) is 2.60. The summed E-state index contributed by atoms with van der Waals surface area (Å²) in [6.07, 6.45) is 2.17. The second-order valence-electron chi connectivity index (χ2n) is 5.80. The van der Waals surface area contributed by atoms with Crippen molar-refractivity contribution < 1.29 is 4.79 Å². The molecule has 0 radical (unpaired) electrons. The number of benzene rings is 1. The zero-order valence-corrected chi connectivity index (χ0v) is 13.3. The minimum atomic E-state index is 0.122. The van der Waals surface area contributed by atoms with Crippen LogP contribution in [0.3, 0.4) is 0 Å². The van der Waals surface area contributed by atoms with E-state index in [1.807, 2.05) is 24.1 Å². The Hall–Kier alpha value is -1.39. The molecule has 1 aliphatic rings. The lowest BCUT2D eigenvalue weighted by Gasteiger charge is -2.27. The standard InChI is InChI=1S/C17H27N3O/c1-3-4-11-19(2)17(21)16-7-5-15(6-8-16)14-20-12-9-18-10-13-20/h5-8,18H,3-4,9-14H2,1-2H3. The molecular weight excluding hydrogens is 262 g/mol. The lowest BCUT2D eigenvalue weighted by atomic mass is 10.1. The molecule has 0 aromatic heterocycles. The van der Waals surface area contributed by atoms with Gasteiger partial charge in [-0.05, 0) is 24.1 Å². The first-order valence-corrected chi connectivity index (χ1v) is 7.98. The zero-order chi connectivity index (χ0) is 15.1. The average molecular weight is 289 g/mol. The minimum absolute atomic E-state index is 0.122. The van der Waals surface area contributed by atoms with Crippen LogP contribution in [0, 0.1) is 0 Å². The number of hydrogen-bond acceptors (Lipinski definition) is 3. The Balaban J connectivity index is 1.90. The van der Waals surface area contributed by atoms with Crippen molar-refractivity contribution in [3.05, 3.63) is 35.4 Å².